The summed E-state index contributed by atoms with van der Waals surface area (Å²) in [7, 11) is 1.61. The van der Waals surface area contributed by atoms with Crippen LogP contribution in [0.2, 0.25) is 0 Å². The molecule has 2 rings (SSSR count). The topological polar surface area (TPSA) is 47.6 Å². The first kappa shape index (κ1) is 11.0. The smallest absolute Gasteiger partial charge is 0.106 e. The van der Waals surface area contributed by atoms with Crippen molar-refractivity contribution in [2.45, 2.75) is 31.6 Å². The first-order chi connectivity index (χ1) is 7.79. The minimum atomic E-state index is 0.649. The molecule has 1 fully saturated rings. The van der Waals surface area contributed by atoms with Gasteiger partial charge in [0.15, 0.2) is 0 Å². The third-order valence-electron chi connectivity index (χ3n) is 3.19. The molecule has 0 atom stereocenters. The largest absolute Gasteiger partial charge is 0.399 e. The van der Waals surface area contributed by atoms with Gasteiger partial charge < -0.3 is 10.6 Å². The lowest BCUT2D eigenvalue weighted by Crippen LogP contribution is -2.13. The van der Waals surface area contributed by atoms with Crippen molar-refractivity contribution in [2.24, 2.45) is 5.16 Å². The zero-order chi connectivity index (χ0) is 11.4. The molecule has 0 radical (unpaired) electrons. The van der Waals surface area contributed by atoms with Gasteiger partial charge in [0.05, 0.1) is 5.71 Å². The molecule has 0 heterocycles. The Morgan fingerprint density at radius 3 is 2.38 bits per heavy atom. The maximum atomic E-state index is 5.68. The Morgan fingerprint density at radius 1 is 1.19 bits per heavy atom. The lowest BCUT2D eigenvalue weighted by atomic mass is 9.83. The van der Waals surface area contributed by atoms with Gasteiger partial charge in [-0.2, -0.15) is 0 Å². The summed E-state index contributed by atoms with van der Waals surface area (Å²) in [6, 6.07) is 8.24. The van der Waals surface area contributed by atoms with Crippen LogP contribution >= 0.6 is 0 Å². The van der Waals surface area contributed by atoms with Gasteiger partial charge in [-0.15, -0.1) is 0 Å². The molecule has 1 aliphatic rings. The Kier molecular flexibility index (Phi) is 3.44. The number of nitrogens with zero attached hydrogens (tertiary/aromatic N) is 1. The van der Waals surface area contributed by atoms with E-state index in [-0.39, 0.29) is 0 Å². The van der Waals surface area contributed by atoms with E-state index in [2.05, 4.69) is 17.3 Å². The van der Waals surface area contributed by atoms with Crippen LogP contribution in [0, 0.1) is 0 Å². The van der Waals surface area contributed by atoms with E-state index in [4.69, 9.17) is 10.6 Å². The van der Waals surface area contributed by atoms with E-state index < -0.39 is 0 Å². The molecule has 0 saturated heterocycles. The Bertz CT molecular complexity index is 360. The number of hydrogen-bond acceptors (Lipinski definition) is 3. The Labute approximate surface area is 96.3 Å². The van der Waals surface area contributed by atoms with E-state index in [1.165, 1.54) is 11.3 Å². The Morgan fingerprint density at radius 2 is 1.81 bits per heavy atom. The van der Waals surface area contributed by atoms with Crippen LogP contribution in [-0.2, 0) is 4.84 Å². The normalized spacial score (nSPS) is 20.6. The molecule has 2 N–H and O–H groups in total. The average Bonchev–Trinajstić information content (AvgIpc) is 2.32. The summed E-state index contributed by atoms with van der Waals surface area (Å²) in [6.45, 7) is 0. The van der Waals surface area contributed by atoms with E-state index in [9.17, 15) is 0 Å². The van der Waals surface area contributed by atoms with E-state index in [0.29, 0.717) is 5.92 Å². The van der Waals surface area contributed by atoms with Crippen molar-refractivity contribution in [1.82, 2.24) is 0 Å². The molecule has 1 saturated carbocycles. The molecular weight excluding hydrogens is 200 g/mol. The summed E-state index contributed by atoms with van der Waals surface area (Å²) in [6.07, 6.45) is 4.41. The number of anilines is 1. The van der Waals surface area contributed by atoms with E-state index in [1.54, 1.807) is 7.11 Å². The molecule has 0 bridgehead atoms. The van der Waals surface area contributed by atoms with Crippen LogP contribution in [0.15, 0.2) is 29.4 Å². The first-order valence-electron chi connectivity index (χ1n) is 5.74. The molecule has 0 unspecified atom stereocenters. The highest BCUT2D eigenvalue weighted by Crippen LogP contribution is 2.31. The van der Waals surface area contributed by atoms with Crippen molar-refractivity contribution in [3.8, 4) is 0 Å². The van der Waals surface area contributed by atoms with Crippen LogP contribution in [0.4, 0.5) is 5.69 Å². The highest BCUT2D eigenvalue weighted by molar-refractivity contribution is 5.84. The molecule has 3 heteroatoms. The van der Waals surface area contributed by atoms with Gasteiger partial charge in [-0.1, -0.05) is 17.3 Å². The summed E-state index contributed by atoms with van der Waals surface area (Å²) in [5.74, 6) is 0.649. The highest BCUT2D eigenvalue weighted by atomic mass is 16.6. The minimum absolute atomic E-state index is 0.649. The summed E-state index contributed by atoms with van der Waals surface area (Å²) >= 11 is 0. The quantitative estimate of drug-likeness (QED) is 0.613. The van der Waals surface area contributed by atoms with E-state index >= 15 is 0 Å². The fraction of sp³-hybridized carbons (Fsp3) is 0.462. The van der Waals surface area contributed by atoms with Crippen molar-refractivity contribution >= 4 is 11.4 Å². The summed E-state index contributed by atoms with van der Waals surface area (Å²) < 4.78 is 0. The third-order valence-corrected chi connectivity index (χ3v) is 3.19. The molecule has 3 nitrogen and oxygen atoms in total. The minimum Gasteiger partial charge on any atom is -0.399 e. The van der Waals surface area contributed by atoms with Gasteiger partial charge >= 0.3 is 0 Å². The second-order valence-corrected chi connectivity index (χ2v) is 4.28. The average molecular weight is 218 g/mol. The lowest BCUT2D eigenvalue weighted by molar-refractivity contribution is 0.210. The maximum absolute atomic E-state index is 5.68. The van der Waals surface area contributed by atoms with Crippen molar-refractivity contribution in [1.29, 1.82) is 0 Å². The standard InChI is InChI=1S/C13H18N2O/c1-16-15-13-8-4-11(5-9-13)10-2-6-12(14)7-3-10/h2-3,6-7,11H,4-5,8-9,14H2,1H3. The number of oxime groups is 1. The first-order valence-corrected chi connectivity index (χ1v) is 5.74. The molecule has 1 aromatic carbocycles. The predicted octanol–water partition coefficient (Wildman–Crippen LogP) is 2.93. The summed E-state index contributed by atoms with van der Waals surface area (Å²) in [4.78, 5) is 4.81. The van der Waals surface area contributed by atoms with Crippen LogP contribution in [0.25, 0.3) is 0 Å². The van der Waals surface area contributed by atoms with Crippen LogP contribution < -0.4 is 5.73 Å². The fourth-order valence-electron chi connectivity index (χ4n) is 2.27. The molecule has 16 heavy (non-hydrogen) atoms. The summed E-state index contributed by atoms with van der Waals surface area (Å²) in [5, 5.41) is 4.02. The predicted molar refractivity (Wildman–Crippen MR) is 66.5 cm³/mol. The molecule has 86 valence electrons. The summed E-state index contributed by atoms with van der Waals surface area (Å²) in [5.41, 5.74) is 9.10. The van der Waals surface area contributed by atoms with Crippen LogP contribution in [0.5, 0.6) is 0 Å². The van der Waals surface area contributed by atoms with Gasteiger partial charge in [-0.25, -0.2) is 0 Å². The number of rotatable bonds is 2. The SMILES string of the molecule is CON=C1CCC(c2ccc(N)cc2)CC1. The van der Waals surface area contributed by atoms with Gasteiger partial charge in [-0.05, 0) is 49.3 Å². The zero-order valence-corrected chi connectivity index (χ0v) is 9.65. The molecule has 0 amide bonds. The van der Waals surface area contributed by atoms with Gasteiger partial charge in [0, 0.05) is 5.69 Å². The lowest BCUT2D eigenvalue weighted by Gasteiger charge is -2.23. The van der Waals surface area contributed by atoms with E-state index in [1.807, 2.05) is 12.1 Å². The number of hydrogen-bond donors (Lipinski definition) is 1. The van der Waals surface area contributed by atoms with Gasteiger partial charge in [-0.3, -0.25) is 0 Å². The molecule has 0 aliphatic heterocycles. The molecular formula is C13H18N2O. The molecule has 0 aromatic heterocycles. The molecule has 0 spiro atoms. The number of nitrogen functional groups attached to an aromatic ring is 1. The second kappa shape index (κ2) is 5.01. The third kappa shape index (κ3) is 2.54. The van der Waals surface area contributed by atoms with Crippen molar-refractivity contribution < 1.29 is 4.84 Å². The van der Waals surface area contributed by atoms with Gasteiger partial charge in [0.25, 0.3) is 0 Å². The van der Waals surface area contributed by atoms with Crippen LogP contribution in [-0.4, -0.2) is 12.8 Å². The Balaban J connectivity index is 1.99. The number of benzene rings is 1. The molecule has 1 aliphatic carbocycles. The van der Waals surface area contributed by atoms with Gasteiger partial charge in [0.2, 0.25) is 0 Å². The second-order valence-electron chi connectivity index (χ2n) is 4.28. The molecule has 1 aromatic rings. The van der Waals surface area contributed by atoms with Gasteiger partial charge in [0.1, 0.15) is 7.11 Å². The number of nitrogens with two attached hydrogens (primary N) is 1. The van der Waals surface area contributed by atoms with Crippen molar-refractivity contribution in [3.05, 3.63) is 29.8 Å². The van der Waals surface area contributed by atoms with Crippen molar-refractivity contribution in [2.75, 3.05) is 12.8 Å². The van der Waals surface area contributed by atoms with Crippen LogP contribution in [0.3, 0.4) is 0 Å². The maximum Gasteiger partial charge on any atom is 0.106 e. The van der Waals surface area contributed by atoms with Crippen LogP contribution in [0.1, 0.15) is 37.2 Å². The Hall–Kier alpha value is -1.51. The zero-order valence-electron chi connectivity index (χ0n) is 9.65. The monoisotopic (exact) mass is 218 g/mol. The fourth-order valence-corrected chi connectivity index (χ4v) is 2.27. The van der Waals surface area contributed by atoms with E-state index in [0.717, 1.165) is 31.4 Å². The highest BCUT2D eigenvalue weighted by Gasteiger charge is 2.19. The van der Waals surface area contributed by atoms with Crippen molar-refractivity contribution in [3.63, 3.8) is 0 Å².